The Balaban J connectivity index is 2.44. The van der Waals surface area contributed by atoms with Gasteiger partial charge >= 0.3 is 5.69 Å². The van der Waals surface area contributed by atoms with Crippen LogP contribution in [0.25, 0.3) is 0 Å². The second-order valence-electron chi connectivity index (χ2n) is 3.56. The summed E-state index contributed by atoms with van der Waals surface area (Å²) in [5, 5.41) is 11.3. The highest BCUT2D eigenvalue weighted by Gasteiger charge is 2.24. The van der Waals surface area contributed by atoms with E-state index in [1.165, 1.54) is 12.3 Å². The van der Waals surface area contributed by atoms with E-state index in [-0.39, 0.29) is 9.36 Å². The molecule has 1 N–H and O–H groups in total. The summed E-state index contributed by atoms with van der Waals surface area (Å²) < 4.78 is 26.1. The van der Waals surface area contributed by atoms with Crippen molar-refractivity contribution in [2.24, 2.45) is 0 Å². The monoisotopic (exact) mass is 334 g/mol. The molecular weight excluding hydrogens is 328 g/mol. The van der Waals surface area contributed by atoms with E-state index in [0.717, 1.165) is 17.4 Å². The van der Waals surface area contributed by atoms with Crippen LogP contribution in [0.3, 0.4) is 0 Å². The van der Waals surface area contributed by atoms with E-state index in [2.05, 4.69) is 9.97 Å². The summed E-state index contributed by atoms with van der Waals surface area (Å²) in [7, 11) is -3.98. The van der Waals surface area contributed by atoms with Crippen molar-refractivity contribution in [1.82, 2.24) is 9.97 Å². The predicted octanol–water partition coefficient (Wildman–Crippen LogP) is 2.21. The molecule has 0 amide bonds. The van der Waals surface area contributed by atoms with Crippen molar-refractivity contribution in [2.75, 3.05) is 4.72 Å². The van der Waals surface area contributed by atoms with Crippen LogP contribution in [-0.4, -0.2) is 23.3 Å². The van der Waals surface area contributed by atoms with Crippen LogP contribution >= 0.6 is 22.9 Å². The Kier molecular flexibility index (Phi) is 3.88. The summed E-state index contributed by atoms with van der Waals surface area (Å²) in [6.07, 6.45) is 1.17. The van der Waals surface area contributed by atoms with Gasteiger partial charge in [0.15, 0.2) is 4.21 Å². The average Bonchev–Trinajstić information content (AvgIpc) is 2.75. The summed E-state index contributed by atoms with van der Waals surface area (Å²) in [5.74, 6) is -0.437. The zero-order chi connectivity index (χ0) is 14.9. The van der Waals surface area contributed by atoms with Gasteiger partial charge in [-0.15, -0.1) is 11.3 Å². The van der Waals surface area contributed by atoms with Gasteiger partial charge in [0.2, 0.25) is 5.82 Å². The summed E-state index contributed by atoms with van der Waals surface area (Å²) >= 11 is 6.56. The molecule has 0 bridgehead atoms. The third-order valence-electron chi connectivity index (χ3n) is 2.13. The molecule has 20 heavy (non-hydrogen) atoms. The molecule has 2 heterocycles. The lowest BCUT2D eigenvalue weighted by molar-refractivity contribution is -0.384. The first-order valence-corrected chi connectivity index (χ1v) is 7.73. The molecular formula is C9H7ClN4O4S2. The molecule has 0 fully saturated rings. The van der Waals surface area contributed by atoms with Crippen LogP contribution in [0.5, 0.6) is 0 Å². The number of anilines is 1. The molecule has 0 aliphatic heterocycles. The van der Waals surface area contributed by atoms with Gasteiger partial charge in [-0.1, -0.05) is 11.6 Å². The van der Waals surface area contributed by atoms with E-state index >= 15 is 0 Å². The number of halogens is 1. The van der Waals surface area contributed by atoms with Crippen molar-refractivity contribution in [2.45, 2.75) is 11.1 Å². The maximum absolute atomic E-state index is 12.1. The van der Waals surface area contributed by atoms with Gasteiger partial charge in [-0.05, 0) is 13.0 Å². The average molecular weight is 335 g/mol. The molecule has 0 radical (unpaired) electrons. The minimum absolute atomic E-state index is 0.0613. The van der Waals surface area contributed by atoms with Gasteiger partial charge in [0.25, 0.3) is 10.0 Å². The van der Waals surface area contributed by atoms with E-state index in [1.807, 2.05) is 4.72 Å². The van der Waals surface area contributed by atoms with Crippen molar-refractivity contribution >= 4 is 44.5 Å². The number of sulfonamides is 1. The highest BCUT2D eigenvalue weighted by atomic mass is 35.5. The Bertz CT molecular complexity index is 774. The van der Waals surface area contributed by atoms with E-state index in [4.69, 9.17) is 11.6 Å². The van der Waals surface area contributed by atoms with Gasteiger partial charge < -0.3 is 0 Å². The maximum atomic E-state index is 12.1. The van der Waals surface area contributed by atoms with Gasteiger partial charge in [-0.3, -0.25) is 14.8 Å². The first kappa shape index (κ1) is 14.6. The van der Waals surface area contributed by atoms with Crippen LogP contribution in [0.15, 0.2) is 22.5 Å². The van der Waals surface area contributed by atoms with Crippen molar-refractivity contribution in [1.29, 1.82) is 0 Å². The molecule has 2 rings (SSSR count). The largest absolute Gasteiger partial charge is 0.312 e. The van der Waals surface area contributed by atoms with Gasteiger partial charge in [0, 0.05) is 6.07 Å². The molecule has 2 aromatic heterocycles. The summed E-state index contributed by atoms with van der Waals surface area (Å²) in [5.41, 5.74) is -0.487. The fourth-order valence-corrected chi connectivity index (χ4v) is 3.57. The molecule has 2 aromatic rings. The summed E-state index contributed by atoms with van der Waals surface area (Å²) in [6, 6.07) is 2.28. The number of rotatable bonds is 4. The van der Waals surface area contributed by atoms with Crippen molar-refractivity contribution in [3.05, 3.63) is 38.6 Å². The molecule has 11 heteroatoms. The number of nitrogens with one attached hydrogen (secondary N) is 1. The van der Waals surface area contributed by atoms with Crippen LogP contribution in [0, 0.1) is 17.0 Å². The second kappa shape index (κ2) is 5.31. The lowest BCUT2D eigenvalue weighted by atomic mass is 10.4. The molecule has 0 unspecified atom stereocenters. The molecule has 0 saturated heterocycles. The van der Waals surface area contributed by atoms with Gasteiger partial charge in [0.1, 0.15) is 5.15 Å². The second-order valence-corrected chi connectivity index (χ2v) is 7.09. The molecule has 0 aromatic carbocycles. The topological polar surface area (TPSA) is 115 Å². The molecule has 0 atom stereocenters. The standard InChI is InChI=1S/C9H7ClN4O4S2/c1-5-11-4-8(19-5)20(17,18)13-9-6(14(15)16)2-3-7(10)12-9/h2-4H,1H3,(H,12,13). The van der Waals surface area contributed by atoms with Crippen LogP contribution in [-0.2, 0) is 10.0 Å². The zero-order valence-electron chi connectivity index (χ0n) is 9.90. The number of thiazole rings is 1. The smallest absolute Gasteiger partial charge is 0.258 e. The molecule has 8 nitrogen and oxygen atoms in total. The Hall–Kier alpha value is -1.78. The zero-order valence-corrected chi connectivity index (χ0v) is 12.3. The quantitative estimate of drug-likeness (QED) is 0.520. The first-order chi connectivity index (χ1) is 9.29. The summed E-state index contributed by atoms with van der Waals surface area (Å²) in [6.45, 7) is 1.64. The van der Waals surface area contributed by atoms with Crippen LogP contribution in [0.2, 0.25) is 5.15 Å². The number of hydrogen-bond donors (Lipinski definition) is 1. The number of nitro groups is 1. The van der Waals surface area contributed by atoms with Crippen molar-refractivity contribution in [3.63, 3.8) is 0 Å². The third kappa shape index (κ3) is 3.03. The molecule has 0 saturated carbocycles. The Morgan fingerprint density at radius 1 is 1.45 bits per heavy atom. The number of aromatic nitrogens is 2. The van der Waals surface area contributed by atoms with Crippen LogP contribution in [0.4, 0.5) is 11.5 Å². The van der Waals surface area contributed by atoms with Crippen molar-refractivity contribution < 1.29 is 13.3 Å². The van der Waals surface area contributed by atoms with E-state index in [1.54, 1.807) is 6.92 Å². The third-order valence-corrected chi connectivity index (χ3v) is 5.06. The Labute approximate surface area is 122 Å². The molecule has 0 spiro atoms. The SMILES string of the molecule is Cc1ncc(S(=O)(=O)Nc2nc(Cl)ccc2[N+](=O)[O-])s1. The highest BCUT2D eigenvalue weighted by molar-refractivity contribution is 7.94. The Morgan fingerprint density at radius 2 is 2.15 bits per heavy atom. The van der Waals surface area contributed by atoms with Gasteiger partial charge in [0.05, 0.1) is 16.1 Å². The predicted molar refractivity (Wildman–Crippen MR) is 73.6 cm³/mol. The fourth-order valence-electron chi connectivity index (χ4n) is 1.29. The van der Waals surface area contributed by atoms with Gasteiger partial charge in [-0.25, -0.2) is 18.4 Å². The number of aryl methyl sites for hydroxylation is 1. The summed E-state index contributed by atoms with van der Waals surface area (Å²) in [4.78, 5) is 17.5. The lowest BCUT2D eigenvalue weighted by Crippen LogP contribution is -2.14. The normalized spacial score (nSPS) is 11.3. The highest BCUT2D eigenvalue weighted by Crippen LogP contribution is 2.27. The van der Waals surface area contributed by atoms with E-state index in [0.29, 0.717) is 5.01 Å². The van der Waals surface area contributed by atoms with Gasteiger partial charge in [-0.2, -0.15) is 0 Å². The molecule has 0 aliphatic carbocycles. The number of hydrogen-bond acceptors (Lipinski definition) is 7. The Morgan fingerprint density at radius 3 is 2.70 bits per heavy atom. The lowest BCUT2D eigenvalue weighted by Gasteiger charge is -2.05. The van der Waals surface area contributed by atoms with E-state index in [9.17, 15) is 18.5 Å². The molecule has 106 valence electrons. The van der Waals surface area contributed by atoms with Crippen molar-refractivity contribution in [3.8, 4) is 0 Å². The number of nitrogens with zero attached hydrogens (tertiary/aromatic N) is 3. The van der Waals surface area contributed by atoms with Crippen LogP contribution in [0.1, 0.15) is 5.01 Å². The molecule has 0 aliphatic rings. The maximum Gasteiger partial charge on any atom is 0.312 e. The fraction of sp³-hybridized carbons (Fsp3) is 0.111. The first-order valence-electron chi connectivity index (χ1n) is 5.06. The van der Waals surface area contributed by atoms with Crippen LogP contribution < -0.4 is 4.72 Å². The van der Waals surface area contributed by atoms with E-state index < -0.39 is 26.5 Å². The minimum atomic E-state index is -3.98. The number of pyridine rings is 1. The minimum Gasteiger partial charge on any atom is -0.258 e.